The normalized spacial score (nSPS) is 13.2. The van der Waals surface area contributed by atoms with Crippen molar-refractivity contribution in [3.05, 3.63) is 57.5 Å². The first-order valence-corrected chi connectivity index (χ1v) is 9.98. The quantitative estimate of drug-likeness (QED) is 0.651. The van der Waals surface area contributed by atoms with Gasteiger partial charge in [-0.3, -0.25) is 4.79 Å². The van der Waals surface area contributed by atoms with E-state index in [1.165, 1.54) is 17.7 Å². The van der Waals surface area contributed by atoms with E-state index in [1.54, 1.807) is 12.1 Å². The molecule has 1 amide bonds. The number of fused-ring (bicyclic) bond motifs is 1. The largest absolute Gasteiger partial charge is 0.482 e. The molecule has 138 valence electrons. The molecule has 4 nitrogen and oxygen atoms in total. The number of aryl methyl sites for hydroxylation is 1. The van der Waals surface area contributed by atoms with Gasteiger partial charge >= 0.3 is 0 Å². The van der Waals surface area contributed by atoms with Crippen molar-refractivity contribution in [2.45, 2.75) is 19.3 Å². The first-order chi connectivity index (χ1) is 12.6. The molecule has 6 heteroatoms. The van der Waals surface area contributed by atoms with Crippen LogP contribution in [-0.4, -0.2) is 32.1 Å². The summed E-state index contributed by atoms with van der Waals surface area (Å²) in [5, 5.41) is 3.39. The highest BCUT2D eigenvalue weighted by Gasteiger charge is 2.15. The van der Waals surface area contributed by atoms with Crippen LogP contribution in [0.15, 0.2) is 46.9 Å². The van der Waals surface area contributed by atoms with Crippen molar-refractivity contribution in [1.82, 2.24) is 5.32 Å². The molecule has 0 aromatic heterocycles. The fourth-order valence-electron chi connectivity index (χ4n) is 3.13. The van der Waals surface area contributed by atoms with E-state index in [0.717, 1.165) is 30.4 Å². The topological polar surface area (TPSA) is 41.6 Å². The number of amides is 1. The van der Waals surface area contributed by atoms with Gasteiger partial charge in [-0.05, 0) is 49.1 Å². The molecule has 0 bridgehead atoms. The van der Waals surface area contributed by atoms with Gasteiger partial charge in [-0.25, -0.2) is 0 Å². The van der Waals surface area contributed by atoms with Gasteiger partial charge in [-0.15, -0.1) is 0 Å². The number of rotatable bonds is 7. The van der Waals surface area contributed by atoms with Crippen LogP contribution in [-0.2, 0) is 11.2 Å². The van der Waals surface area contributed by atoms with Gasteiger partial charge in [-0.2, -0.15) is 0 Å². The second-order valence-corrected chi connectivity index (χ2v) is 7.61. The lowest BCUT2D eigenvalue weighted by molar-refractivity contribution is -0.123. The Labute approximate surface area is 167 Å². The average molecular weight is 438 g/mol. The van der Waals surface area contributed by atoms with Crippen LogP contribution in [0.2, 0.25) is 5.02 Å². The lowest BCUT2D eigenvalue weighted by Crippen LogP contribution is -2.34. The minimum atomic E-state index is -0.136. The fraction of sp³-hybridized carbons (Fsp3) is 0.350. The van der Waals surface area contributed by atoms with Gasteiger partial charge < -0.3 is 15.0 Å². The van der Waals surface area contributed by atoms with Crippen LogP contribution >= 0.6 is 27.5 Å². The van der Waals surface area contributed by atoms with Crippen LogP contribution in [0.3, 0.4) is 0 Å². The van der Waals surface area contributed by atoms with E-state index in [9.17, 15) is 4.79 Å². The molecular formula is C20H22BrClN2O2. The van der Waals surface area contributed by atoms with Gasteiger partial charge in [0.1, 0.15) is 5.75 Å². The van der Waals surface area contributed by atoms with Gasteiger partial charge in [0.05, 0.1) is 5.02 Å². The van der Waals surface area contributed by atoms with Gasteiger partial charge in [0.15, 0.2) is 6.61 Å². The SMILES string of the molecule is O=C(COc1ccc(Br)cc1Cl)NCCCN1CCCc2ccccc21. The third-order valence-electron chi connectivity index (χ3n) is 4.39. The van der Waals surface area contributed by atoms with Crippen molar-refractivity contribution < 1.29 is 9.53 Å². The molecule has 0 saturated carbocycles. The second-order valence-electron chi connectivity index (χ2n) is 6.29. The number of ether oxygens (including phenoxy) is 1. The molecule has 0 atom stereocenters. The van der Waals surface area contributed by atoms with E-state index in [0.29, 0.717) is 17.3 Å². The number of carbonyl (C=O) groups excluding carboxylic acids is 1. The molecule has 0 fully saturated rings. The van der Waals surface area contributed by atoms with Crippen molar-refractivity contribution in [1.29, 1.82) is 0 Å². The van der Waals surface area contributed by atoms with E-state index < -0.39 is 0 Å². The maximum absolute atomic E-state index is 11.9. The van der Waals surface area contributed by atoms with Gasteiger partial charge in [0, 0.05) is 29.8 Å². The molecule has 1 N–H and O–H groups in total. The Morgan fingerprint density at radius 1 is 1.27 bits per heavy atom. The summed E-state index contributed by atoms with van der Waals surface area (Å²) in [7, 11) is 0. The van der Waals surface area contributed by atoms with Crippen molar-refractivity contribution in [3.63, 3.8) is 0 Å². The zero-order valence-corrected chi connectivity index (χ0v) is 16.9. The molecule has 1 aliphatic heterocycles. The van der Waals surface area contributed by atoms with E-state index in [1.807, 2.05) is 6.07 Å². The Morgan fingerprint density at radius 2 is 2.12 bits per heavy atom. The highest BCUT2D eigenvalue weighted by Crippen LogP contribution is 2.28. The number of para-hydroxylation sites is 1. The van der Waals surface area contributed by atoms with E-state index >= 15 is 0 Å². The number of nitrogens with one attached hydrogen (secondary N) is 1. The molecule has 0 radical (unpaired) electrons. The summed E-state index contributed by atoms with van der Waals surface area (Å²) in [4.78, 5) is 14.3. The molecule has 0 saturated heterocycles. The number of hydrogen-bond acceptors (Lipinski definition) is 3. The van der Waals surface area contributed by atoms with E-state index in [2.05, 4.69) is 50.4 Å². The summed E-state index contributed by atoms with van der Waals surface area (Å²) in [5.74, 6) is 0.373. The predicted octanol–water partition coefficient (Wildman–Crippen LogP) is 4.44. The number of nitrogens with zero attached hydrogens (tertiary/aromatic N) is 1. The first kappa shape index (κ1) is 19.1. The lowest BCUT2D eigenvalue weighted by atomic mass is 10.0. The molecule has 2 aromatic rings. The van der Waals surface area contributed by atoms with E-state index in [-0.39, 0.29) is 12.5 Å². The van der Waals surface area contributed by atoms with Crippen molar-refractivity contribution in [3.8, 4) is 5.75 Å². The van der Waals surface area contributed by atoms with Crippen LogP contribution in [0.1, 0.15) is 18.4 Å². The Bertz CT molecular complexity index is 769. The lowest BCUT2D eigenvalue weighted by Gasteiger charge is -2.31. The summed E-state index contributed by atoms with van der Waals surface area (Å²) >= 11 is 9.41. The zero-order valence-electron chi connectivity index (χ0n) is 14.5. The first-order valence-electron chi connectivity index (χ1n) is 8.81. The Balaban J connectivity index is 1.38. The minimum absolute atomic E-state index is 0.0338. The zero-order chi connectivity index (χ0) is 18.4. The minimum Gasteiger partial charge on any atom is -0.482 e. The highest BCUT2D eigenvalue weighted by molar-refractivity contribution is 9.10. The fourth-order valence-corrected chi connectivity index (χ4v) is 3.86. The summed E-state index contributed by atoms with van der Waals surface area (Å²) < 4.78 is 6.35. The van der Waals surface area contributed by atoms with Crippen molar-refractivity contribution >= 4 is 39.1 Å². The number of carbonyl (C=O) groups is 1. The van der Waals surface area contributed by atoms with E-state index in [4.69, 9.17) is 16.3 Å². The number of benzene rings is 2. The van der Waals surface area contributed by atoms with Crippen LogP contribution in [0.25, 0.3) is 0 Å². The van der Waals surface area contributed by atoms with Crippen molar-refractivity contribution in [2.24, 2.45) is 0 Å². The highest BCUT2D eigenvalue weighted by atomic mass is 79.9. The maximum atomic E-state index is 11.9. The van der Waals surface area contributed by atoms with Crippen molar-refractivity contribution in [2.75, 3.05) is 31.1 Å². The maximum Gasteiger partial charge on any atom is 0.257 e. The summed E-state index contributed by atoms with van der Waals surface area (Å²) in [5.41, 5.74) is 2.75. The molecule has 3 rings (SSSR count). The molecule has 1 heterocycles. The monoisotopic (exact) mass is 436 g/mol. The summed E-state index contributed by atoms with van der Waals surface area (Å²) in [6.45, 7) is 2.62. The Morgan fingerprint density at radius 3 is 2.96 bits per heavy atom. The molecule has 26 heavy (non-hydrogen) atoms. The third-order valence-corrected chi connectivity index (χ3v) is 5.17. The van der Waals surface area contributed by atoms with Gasteiger partial charge in [-0.1, -0.05) is 45.7 Å². The third kappa shape index (κ3) is 5.15. The van der Waals surface area contributed by atoms with Crippen LogP contribution in [0, 0.1) is 0 Å². The molecule has 0 spiro atoms. The standard InChI is InChI=1S/C20H22BrClN2O2/c21-16-8-9-19(17(22)13-16)26-14-20(25)23-10-4-12-24-11-3-6-15-5-1-2-7-18(15)24/h1-2,5,7-9,13H,3-4,6,10-12,14H2,(H,23,25). The molecule has 0 aliphatic carbocycles. The molecular weight excluding hydrogens is 416 g/mol. The molecule has 0 unspecified atom stereocenters. The molecule has 2 aromatic carbocycles. The Hall–Kier alpha value is -1.72. The van der Waals surface area contributed by atoms with Crippen LogP contribution < -0.4 is 15.0 Å². The summed E-state index contributed by atoms with van der Waals surface area (Å²) in [6.07, 6.45) is 3.24. The number of hydrogen-bond donors (Lipinski definition) is 1. The van der Waals surface area contributed by atoms with Crippen LogP contribution in [0.4, 0.5) is 5.69 Å². The number of anilines is 1. The Kier molecular flexibility index (Phi) is 6.80. The summed E-state index contributed by atoms with van der Waals surface area (Å²) in [6, 6.07) is 13.9. The smallest absolute Gasteiger partial charge is 0.257 e. The molecule has 1 aliphatic rings. The average Bonchev–Trinajstić information content (AvgIpc) is 2.64. The number of halogens is 2. The second kappa shape index (κ2) is 9.28. The van der Waals surface area contributed by atoms with Crippen LogP contribution in [0.5, 0.6) is 5.75 Å². The van der Waals surface area contributed by atoms with Gasteiger partial charge in [0.25, 0.3) is 5.91 Å². The predicted molar refractivity (Wildman–Crippen MR) is 109 cm³/mol. The van der Waals surface area contributed by atoms with Gasteiger partial charge in [0.2, 0.25) is 0 Å².